The number of nitrogens with one attached hydrogen (secondary N) is 1. The van der Waals surface area contributed by atoms with Gasteiger partial charge in [-0.2, -0.15) is 13.2 Å². The number of carbonyl (C=O) groups is 2. The molecular formula is C23H28F3N5O4S. The third-order valence-corrected chi connectivity index (χ3v) is 7.38. The van der Waals surface area contributed by atoms with E-state index in [1.165, 1.54) is 16.2 Å². The molecule has 2 aliphatic rings. The summed E-state index contributed by atoms with van der Waals surface area (Å²) in [5, 5.41) is 23.7. The summed E-state index contributed by atoms with van der Waals surface area (Å²) in [6.07, 6.45) is -5.49. The molecule has 2 amide bonds. The summed E-state index contributed by atoms with van der Waals surface area (Å²) in [5.74, 6) is -0.110. The second-order valence-electron chi connectivity index (χ2n) is 9.33. The first-order valence-electron chi connectivity index (χ1n) is 11.7. The number of hydrogen-bond donors (Lipinski definition) is 3. The van der Waals surface area contributed by atoms with E-state index in [1.807, 2.05) is 6.92 Å². The van der Waals surface area contributed by atoms with Crippen LogP contribution in [-0.4, -0.2) is 73.9 Å². The van der Waals surface area contributed by atoms with Crippen LogP contribution >= 0.6 is 11.3 Å². The van der Waals surface area contributed by atoms with Gasteiger partial charge in [-0.3, -0.25) is 9.69 Å². The van der Waals surface area contributed by atoms with Crippen molar-refractivity contribution in [3.05, 3.63) is 34.5 Å². The second-order valence-corrected chi connectivity index (χ2v) is 10.3. The van der Waals surface area contributed by atoms with Crippen LogP contribution in [0.1, 0.15) is 43.1 Å². The van der Waals surface area contributed by atoms with Gasteiger partial charge in [0.15, 0.2) is 11.5 Å². The Labute approximate surface area is 210 Å². The molecule has 3 atom stereocenters. The Kier molecular flexibility index (Phi) is 7.81. The summed E-state index contributed by atoms with van der Waals surface area (Å²) in [4.78, 5) is 36.3. The largest absolute Gasteiger partial charge is 0.465 e. The van der Waals surface area contributed by atoms with E-state index in [4.69, 9.17) is 0 Å². The topological polar surface area (TPSA) is 119 Å². The van der Waals surface area contributed by atoms with Crippen LogP contribution in [0.5, 0.6) is 0 Å². The molecule has 4 heterocycles. The fraction of sp³-hybridized carbons (Fsp3) is 0.565. The number of alkyl halides is 3. The first-order chi connectivity index (χ1) is 17.0. The molecular weight excluding hydrogens is 499 g/mol. The van der Waals surface area contributed by atoms with Gasteiger partial charge in [0, 0.05) is 31.6 Å². The van der Waals surface area contributed by atoms with Crippen LogP contribution in [0.4, 0.5) is 18.0 Å². The van der Waals surface area contributed by atoms with Gasteiger partial charge in [-0.15, -0.1) is 11.3 Å². The third-order valence-electron chi connectivity index (χ3n) is 6.52. The molecule has 36 heavy (non-hydrogen) atoms. The fourth-order valence-corrected chi connectivity index (χ4v) is 5.44. The number of thiophene rings is 1. The minimum absolute atomic E-state index is 0.0162. The second kappa shape index (κ2) is 10.7. The van der Waals surface area contributed by atoms with Gasteiger partial charge in [0.1, 0.15) is 6.23 Å². The number of carboxylic acid groups (broad SMARTS) is 1. The molecule has 0 saturated carbocycles. The Morgan fingerprint density at radius 3 is 2.75 bits per heavy atom. The van der Waals surface area contributed by atoms with Crippen molar-refractivity contribution in [3.63, 3.8) is 0 Å². The number of rotatable bonds is 6. The van der Waals surface area contributed by atoms with Gasteiger partial charge in [-0.25, -0.2) is 14.8 Å². The highest BCUT2D eigenvalue weighted by atomic mass is 32.1. The first-order valence-corrected chi connectivity index (χ1v) is 12.6. The van der Waals surface area contributed by atoms with Crippen molar-refractivity contribution < 1.29 is 33.0 Å². The summed E-state index contributed by atoms with van der Waals surface area (Å²) < 4.78 is 41.3. The summed E-state index contributed by atoms with van der Waals surface area (Å²) in [6, 6.07) is 2.55. The molecule has 4 rings (SSSR count). The average Bonchev–Trinajstić information content (AvgIpc) is 3.34. The molecule has 0 aromatic carbocycles. The molecule has 196 valence electrons. The number of fused-ring (bicyclic) bond motifs is 1. The lowest BCUT2D eigenvalue weighted by Crippen LogP contribution is -2.52. The van der Waals surface area contributed by atoms with Gasteiger partial charge >= 0.3 is 12.3 Å². The van der Waals surface area contributed by atoms with E-state index >= 15 is 0 Å². The number of aliphatic hydroxyl groups is 1. The molecule has 2 aromatic rings. The maximum absolute atomic E-state index is 13.8. The van der Waals surface area contributed by atoms with E-state index in [9.17, 15) is 33.0 Å². The number of nitrogens with zero attached hydrogens (tertiary/aromatic N) is 4. The van der Waals surface area contributed by atoms with E-state index < -0.39 is 36.1 Å². The van der Waals surface area contributed by atoms with Gasteiger partial charge in [0.2, 0.25) is 5.91 Å². The van der Waals surface area contributed by atoms with E-state index in [0.29, 0.717) is 23.8 Å². The molecule has 1 unspecified atom stereocenters. The lowest BCUT2D eigenvalue weighted by Gasteiger charge is -2.38. The molecule has 0 aliphatic carbocycles. The SMILES string of the molecule is C[C@@H]1CCC(O)N(C[C@H](CC(=O)N2CCc3c(nc(-c4cccs4)nc3C(F)(F)F)C2)NC(=O)O)C1. The van der Waals surface area contributed by atoms with E-state index in [0.717, 1.165) is 6.42 Å². The van der Waals surface area contributed by atoms with Crippen LogP contribution in [0.3, 0.4) is 0 Å². The van der Waals surface area contributed by atoms with Gasteiger partial charge in [-0.1, -0.05) is 13.0 Å². The smallest absolute Gasteiger partial charge is 0.433 e. The Bertz CT molecular complexity index is 1100. The summed E-state index contributed by atoms with van der Waals surface area (Å²) in [6.45, 7) is 2.68. The van der Waals surface area contributed by atoms with Crippen LogP contribution < -0.4 is 5.32 Å². The Morgan fingerprint density at radius 1 is 1.31 bits per heavy atom. The molecule has 1 saturated heterocycles. The highest BCUT2D eigenvalue weighted by Gasteiger charge is 2.39. The maximum atomic E-state index is 13.8. The molecule has 3 N–H and O–H groups in total. The Morgan fingerprint density at radius 2 is 2.08 bits per heavy atom. The Hall–Kier alpha value is -2.77. The zero-order chi connectivity index (χ0) is 26.0. The quantitative estimate of drug-likeness (QED) is 0.528. The van der Waals surface area contributed by atoms with Crippen molar-refractivity contribution in [2.24, 2.45) is 5.92 Å². The molecule has 2 aliphatic heterocycles. The fourth-order valence-electron chi connectivity index (χ4n) is 4.78. The lowest BCUT2D eigenvalue weighted by atomic mass is 9.98. The zero-order valence-electron chi connectivity index (χ0n) is 19.7. The number of aliphatic hydroxyl groups excluding tert-OH is 1. The van der Waals surface area contributed by atoms with Gasteiger partial charge in [0.25, 0.3) is 0 Å². The predicted octanol–water partition coefficient (Wildman–Crippen LogP) is 3.19. The maximum Gasteiger partial charge on any atom is 0.433 e. The molecule has 9 nitrogen and oxygen atoms in total. The van der Waals surface area contributed by atoms with Crippen molar-refractivity contribution in [2.45, 2.75) is 57.6 Å². The summed E-state index contributed by atoms with van der Waals surface area (Å²) >= 11 is 1.22. The summed E-state index contributed by atoms with van der Waals surface area (Å²) in [7, 11) is 0. The van der Waals surface area contributed by atoms with E-state index in [2.05, 4.69) is 15.3 Å². The normalized spacial score (nSPS) is 21.6. The number of halogens is 3. The number of piperidine rings is 1. The molecule has 2 aromatic heterocycles. The minimum atomic E-state index is -4.66. The van der Waals surface area contributed by atoms with E-state index in [1.54, 1.807) is 22.4 Å². The van der Waals surface area contributed by atoms with Crippen LogP contribution in [0.2, 0.25) is 0 Å². The number of carbonyl (C=O) groups excluding carboxylic acids is 1. The minimum Gasteiger partial charge on any atom is -0.465 e. The highest BCUT2D eigenvalue weighted by Crippen LogP contribution is 2.36. The molecule has 13 heteroatoms. The number of likely N-dealkylation sites (tertiary alicyclic amines) is 1. The van der Waals surface area contributed by atoms with Crippen molar-refractivity contribution in [3.8, 4) is 10.7 Å². The monoisotopic (exact) mass is 527 g/mol. The van der Waals surface area contributed by atoms with Gasteiger partial charge < -0.3 is 20.4 Å². The number of aromatic nitrogens is 2. The lowest BCUT2D eigenvalue weighted by molar-refractivity contribution is -0.142. The molecule has 0 spiro atoms. The van der Waals surface area contributed by atoms with Gasteiger partial charge in [0.05, 0.1) is 23.2 Å². The predicted molar refractivity (Wildman–Crippen MR) is 125 cm³/mol. The van der Waals surface area contributed by atoms with Crippen LogP contribution in [0.25, 0.3) is 10.7 Å². The molecule has 0 bridgehead atoms. The number of amides is 2. The highest BCUT2D eigenvalue weighted by molar-refractivity contribution is 7.13. The third kappa shape index (κ3) is 6.13. The van der Waals surface area contributed by atoms with Crippen molar-refractivity contribution >= 4 is 23.3 Å². The molecule has 1 fully saturated rings. The van der Waals surface area contributed by atoms with Gasteiger partial charge in [-0.05, 0) is 36.6 Å². The van der Waals surface area contributed by atoms with Crippen molar-refractivity contribution in [2.75, 3.05) is 19.6 Å². The summed E-state index contributed by atoms with van der Waals surface area (Å²) in [5.41, 5.74) is -0.859. The molecule has 0 radical (unpaired) electrons. The number of hydrogen-bond acceptors (Lipinski definition) is 7. The average molecular weight is 528 g/mol. The zero-order valence-corrected chi connectivity index (χ0v) is 20.5. The van der Waals surface area contributed by atoms with E-state index in [-0.39, 0.29) is 49.6 Å². The van der Waals surface area contributed by atoms with Crippen LogP contribution in [-0.2, 0) is 23.9 Å². The standard InChI is InChI=1S/C23H28F3N5O4S/c1-13-4-5-18(32)31(10-13)11-14(27-22(34)35)9-19(33)30-7-6-15-16(12-30)28-21(17-3-2-8-36-17)29-20(15)23(24,25)26/h2-3,8,13-14,18,27,32H,4-7,9-12H2,1H3,(H,34,35)/t13-,14+,18?/m1/s1. The van der Waals surface area contributed by atoms with Crippen LogP contribution in [0, 0.1) is 5.92 Å². The first kappa shape index (κ1) is 26.3. The Balaban J connectivity index is 1.52. The van der Waals surface area contributed by atoms with Crippen molar-refractivity contribution in [1.82, 2.24) is 25.1 Å². The van der Waals surface area contributed by atoms with Crippen molar-refractivity contribution in [1.29, 1.82) is 0 Å². The van der Waals surface area contributed by atoms with Crippen LogP contribution in [0.15, 0.2) is 17.5 Å².